The number of aromatic nitrogens is 4. The van der Waals surface area contributed by atoms with Crippen molar-refractivity contribution >= 4 is 10.9 Å². The minimum atomic E-state index is -0.106. The van der Waals surface area contributed by atoms with Gasteiger partial charge in [0.1, 0.15) is 5.82 Å². The molecule has 26 heavy (non-hydrogen) atoms. The Kier molecular flexibility index (Phi) is 3.88. The predicted molar refractivity (Wildman–Crippen MR) is 99.1 cm³/mol. The highest BCUT2D eigenvalue weighted by molar-refractivity contribution is 5.77. The second-order valence-electron chi connectivity index (χ2n) is 6.40. The molecule has 0 radical (unpaired) electrons. The van der Waals surface area contributed by atoms with E-state index in [1.54, 1.807) is 17.6 Å². The number of hydrogen-bond donors (Lipinski definition) is 0. The molecule has 2 heterocycles. The Labute approximate surface area is 150 Å². The highest BCUT2D eigenvalue weighted by Crippen LogP contribution is 2.22. The smallest absolute Gasteiger partial charge is 0.261 e. The first-order valence-electron chi connectivity index (χ1n) is 8.39. The van der Waals surface area contributed by atoms with Gasteiger partial charge in [-0.3, -0.25) is 9.36 Å². The van der Waals surface area contributed by atoms with E-state index in [0.29, 0.717) is 28.4 Å². The van der Waals surface area contributed by atoms with E-state index in [9.17, 15) is 4.79 Å². The molecule has 0 atom stereocenters. The van der Waals surface area contributed by atoms with Gasteiger partial charge in [0.05, 0.1) is 17.4 Å². The first-order valence-corrected chi connectivity index (χ1v) is 8.39. The standard InChI is InChI=1S/C20H18N4O2/c1-12-8-9-15(13(2)10-12)19-22-18(23-26-19)11-24-14(3)21-17-7-5-4-6-16(17)20(24)25/h4-10H,11H2,1-3H3. The average Bonchev–Trinajstić information content (AvgIpc) is 3.07. The van der Waals surface area contributed by atoms with Crippen LogP contribution in [0.1, 0.15) is 22.8 Å². The first kappa shape index (κ1) is 16.2. The van der Waals surface area contributed by atoms with Crippen molar-refractivity contribution in [2.45, 2.75) is 27.3 Å². The predicted octanol–water partition coefficient (Wildman–Crippen LogP) is 3.42. The molecule has 4 rings (SSSR count). The van der Waals surface area contributed by atoms with E-state index in [4.69, 9.17) is 4.52 Å². The normalized spacial score (nSPS) is 11.2. The Hall–Kier alpha value is -3.28. The van der Waals surface area contributed by atoms with Gasteiger partial charge in [-0.1, -0.05) is 35.0 Å². The molecule has 0 aliphatic carbocycles. The molecule has 4 aromatic rings. The third kappa shape index (κ3) is 2.79. The summed E-state index contributed by atoms with van der Waals surface area (Å²) in [5.74, 6) is 1.52. The van der Waals surface area contributed by atoms with Crippen LogP contribution in [0.4, 0.5) is 0 Å². The number of rotatable bonds is 3. The SMILES string of the molecule is Cc1ccc(-c2nc(Cn3c(C)nc4ccccc4c3=O)no2)c(C)c1. The van der Waals surface area contributed by atoms with Gasteiger partial charge in [0, 0.05) is 5.56 Å². The molecule has 0 aliphatic heterocycles. The molecule has 0 saturated carbocycles. The van der Waals surface area contributed by atoms with E-state index in [1.807, 2.05) is 44.2 Å². The fourth-order valence-corrected chi connectivity index (χ4v) is 3.09. The van der Waals surface area contributed by atoms with Gasteiger partial charge in [-0.2, -0.15) is 4.98 Å². The number of nitrogens with zero attached hydrogens (tertiary/aromatic N) is 4. The van der Waals surface area contributed by atoms with Crippen LogP contribution in [-0.4, -0.2) is 19.7 Å². The highest BCUT2D eigenvalue weighted by Gasteiger charge is 2.14. The number of para-hydroxylation sites is 1. The largest absolute Gasteiger partial charge is 0.334 e. The van der Waals surface area contributed by atoms with Crippen LogP contribution in [0.2, 0.25) is 0 Å². The molecule has 0 fully saturated rings. The van der Waals surface area contributed by atoms with Gasteiger partial charge in [-0.05, 0) is 44.5 Å². The zero-order valence-corrected chi connectivity index (χ0v) is 14.9. The Morgan fingerprint density at radius 3 is 2.65 bits per heavy atom. The molecule has 6 nitrogen and oxygen atoms in total. The summed E-state index contributed by atoms with van der Waals surface area (Å²) in [6.07, 6.45) is 0. The second kappa shape index (κ2) is 6.22. The van der Waals surface area contributed by atoms with Crippen LogP contribution in [0.15, 0.2) is 51.8 Å². The van der Waals surface area contributed by atoms with Crippen molar-refractivity contribution in [3.05, 3.63) is 75.6 Å². The number of benzene rings is 2. The average molecular weight is 346 g/mol. The molecule has 0 amide bonds. The van der Waals surface area contributed by atoms with Gasteiger partial charge in [0.15, 0.2) is 5.82 Å². The van der Waals surface area contributed by atoms with Crippen molar-refractivity contribution in [1.82, 2.24) is 19.7 Å². The zero-order valence-electron chi connectivity index (χ0n) is 14.9. The Balaban J connectivity index is 1.72. The van der Waals surface area contributed by atoms with Gasteiger partial charge in [-0.25, -0.2) is 4.98 Å². The summed E-state index contributed by atoms with van der Waals surface area (Å²) in [7, 11) is 0. The topological polar surface area (TPSA) is 73.8 Å². The van der Waals surface area contributed by atoms with Crippen LogP contribution in [-0.2, 0) is 6.54 Å². The summed E-state index contributed by atoms with van der Waals surface area (Å²) in [6, 6.07) is 13.4. The maximum Gasteiger partial charge on any atom is 0.261 e. The van der Waals surface area contributed by atoms with E-state index in [0.717, 1.165) is 11.1 Å². The van der Waals surface area contributed by atoms with Gasteiger partial charge in [-0.15, -0.1) is 0 Å². The minimum Gasteiger partial charge on any atom is -0.334 e. The van der Waals surface area contributed by atoms with Gasteiger partial charge in [0.25, 0.3) is 11.4 Å². The van der Waals surface area contributed by atoms with Crippen LogP contribution in [0.25, 0.3) is 22.4 Å². The first-order chi connectivity index (χ1) is 12.5. The quantitative estimate of drug-likeness (QED) is 0.568. The van der Waals surface area contributed by atoms with Crippen LogP contribution < -0.4 is 5.56 Å². The fraction of sp³-hybridized carbons (Fsp3) is 0.200. The lowest BCUT2D eigenvalue weighted by molar-refractivity contribution is 0.419. The maximum atomic E-state index is 12.8. The zero-order chi connectivity index (χ0) is 18.3. The number of hydrogen-bond acceptors (Lipinski definition) is 5. The summed E-state index contributed by atoms with van der Waals surface area (Å²) >= 11 is 0. The third-order valence-corrected chi connectivity index (χ3v) is 4.43. The fourth-order valence-electron chi connectivity index (χ4n) is 3.09. The van der Waals surface area contributed by atoms with Gasteiger partial charge in [0.2, 0.25) is 0 Å². The van der Waals surface area contributed by atoms with Gasteiger partial charge >= 0.3 is 0 Å². The van der Waals surface area contributed by atoms with E-state index in [-0.39, 0.29) is 12.1 Å². The van der Waals surface area contributed by atoms with Crippen molar-refractivity contribution in [3.63, 3.8) is 0 Å². The lowest BCUT2D eigenvalue weighted by Crippen LogP contribution is -2.24. The molecular weight excluding hydrogens is 328 g/mol. The van der Waals surface area contributed by atoms with Crippen molar-refractivity contribution in [2.24, 2.45) is 0 Å². The Bertz CT molecular complexity index is 1170. The van der Waals surface area contributed by atoms with Crippen LogP contribution in [0, 0.1) is 20.8 Å². The summed E-state index contributed by atoms with van der Waals surface area (Å²) in [5.41, 5.74) is 3.73. The molecule has 6 heteroatoms. The molecule has 0 spiro atoms. The minimum absolute atomic E-state index is 0.106. The summed E-state index contributed by atoms with van der Waals surface area (Å²) in [5, 5.41) is 4.62. The van der Waals surface area contributed by atoms with Crippen LogP contribution in [0.3, 0.4) is 0 Å². The van der Waals surface area contributed by atoms with E-state index in [2.05, 4.69) is 21.2 Å². The summed E-state index contributed by atoms with van der Waals surface area (Å²) < 4.78 is 6.98. The van der Waals surface area contributed by atoms with E-state index < -0.39 is 0 Å². The van der Waals surface area contributed by atoms with Crippen molar-refractivity contribution in [1.29, 1.82) is 0 Å². The van der Waals surface area contributed by atoms with Crippen molar-refractivity contribution < 1.29 is 4.52 Å². The lowest BCUT2D eigenvalue weighted by atomic mass is 10.1. The molecule has 0 N–H and O–H groups in total. The van der Waals surface area contributed by atoms with Crippen molar-refractivity contribution in [3.8, 4) is 11.5 Å². The molecule has 0 saturated heterocycles. The maximum absolute atomic E-state index is 12.8. The summed E-state index contributed by atoms with van der Waals surface area (Å²) in [6.45, 7) is 6.07. The number of fused-ring (bicyclic) bond motifs is 1. The Morgan fingerprint density at radius 1 is 1.04 bits per heavy atom. The molecule has 0 unspecified atom stereocenters. The molecular formula is C20H18N4O2. The van der Waals surface area contributed by atoms with Crippen LogP contribution in [0.5, 0.6) is 0 Å². The molecule has 0 aliphatic rings. The molecule has 2 aromatic carbocycles. The monoisotopic (exact) mass is 346 g/mol. The second-order valence-corrected chi connectivity index (χ2v) is 6.40. The van der Waals surface area contributed by atoms with Gasteiger partial charge < -0.3 is 4.52 Å². The Morgan fingerprint density at radius 2 is 1.85 bits per heavy atom. The van der Waals surface area contributed by atoms with Crippen LogP contribution >= 0.6 is 0 Å². The molecule has 130 valence electrons. The summed E-state index contributed by atoms with van der Waals surface area (Å²) in [4.78, 5) is 21.7. The van der Waals surface area contributed by atoms with E-state index >= 15 is 0 Å². The molecule has 2 aromatic heterocycles. The third-order valence-electron chi connectivity index (χ3n) is 4.43. The lowest BCUT2D eigenvalue weighted by Gasteiger charge is -2.08. The number of aryl methyl sites for hydroxylation is 3. The highest BCUT2D eigenvalue weighted by atomic mass is 16.5. The molecule has 0 bridgehead atoms. The van der Waals surface area contributed by atoms with Crippen molar-refractivity contribution in [2.75, 3.05) is 0 Å². The van der Waals surface area contributed by atoms with E-state index in [1.165, 1.54) is 5.56 Å².